The van der Waals surface area contributed by atoms with E-state index >= 15 is 0 Å². The summed E-state index contributed by atoms with van der Waals surface area (Å²) in [6.45, 7) is 8.15. The molecule has 0 saturated heterocycles. The Kier molecular flexibility index (Phi) is 7.54. The van der Waals surface area contributed by atoms with Crippen LogP contribution in [0.4, 0.5) is 11.4 Å². The van der Waals surface area contributed by atoms with Gasteiger partial charge in [-0.05, 0) is 47.6 Å². The average Bonchev–Trinajstić information content (AvgIpc) is 3.58. The standard InChI is InChI=1S/C38H38N2O6/c1-5-23-19-39(31-17-33(45-21(3)41)27-11-7-9-13-29(27)35(23)31)37(43)25-15-26(16-25)38(44)40-20-24(6-2)36-30-14-10-8-12-28(30)34(18-32(36)40)46-22(4)42/h7-14,17-18,23-26H,5-6,15-16,19-20H2,1-4H3/t23-,24-,25?,26?/m1/s1. The summed E-state index contributed by atoms with van der Waals surface area (Å²) in [5.74, 6) is -0.0684. The van der Waals surface area contributed by atoms with Crippen molar-refractivity contribution >= 4 is 56.7 Å². The first-order valence-electron chi connectivity index (χ1n) is 16.3. The van der Waals surface area contributed by atoms with E-state index in [4.69, 9.17) is 9.47 Å². The lowest BCUT2D eigenvalue weighted by molar-refractivity contribution is -0.133. The van der Waals surface area contributed by atoms with E-state index in [-0.39, 0.29) is 35.5 Å². The molecular formula is C38H38N2O6. The van der Waals surface area contributed by atoms with Gasteiger partial charge < -0.3 is 19.3 Å². The van der Waals surface area contributed by atoms with E-state index < -0.39 is 11.9 Å². The lowest BCUT2D eigenvalue weighted by atomic mass is 9.73. The molecule has 0 bridgehead atoms. The van der Waals surface area contributed by atoms with E-state index in [1.54, 1.807) is 0 Å². The molecule has 0 aromatic heterocycles. The van der Waals surface area contributed by atoms with Gasteiger partial charge >= 0.3 is 11.9 Å². The lowest BCUT2D eigenvalue weighted by Crippen LogP contribution is -2.47. The third-order valence-electron chi connectivity index (χ3n) is 10.1. The molecular weight excluding hydrogens is 580 g/mol. The molecule has 8 nitrogen and oxygen atoms in total. The number of nitrogens with zero attached hydrogens (tertiary/aromatic N) is 2. The second-order valence-electron chi connectivity index (χ2n) is 12.9. The van der Waals surface area contributed by atoms with Crippen molar-refractivity contribution < 1.29 is 28.7 Å². The largest absolute Gasteiger partial charge is 0.426 e. The van der Waals surface area contributed by atoms with Crippen molar-refractivity contribution in [2.75, 3.05) is 22.9 Å². The summed E-state index contributed by atoms with van der Waals surface area (Å²) in [6, 6.07) is 19.4. The highest BCUT2D eigenvalue weighted by Gasteiger charge is 2.46. The minimum atomic E-state index is -0.407. The number of carbonyl (C=O) groups excluding carboxylic acids is 4. The van der Waals surface area contributed by atoms with Crippen molar-refractivity contribution in [3.05, 3.63) is 71.8 Å². The molecule has 2 amide bonds. The molecule has 236 valence electrons. The molecule has 3 aliphatic rings. The van der Waals surface area contributed by atoms with Crippen LogP contribution in [0.25, 0.3) is 21.5 Å². The van der Waals surface area contributed by atoms with Gasteiger partial charge in [-0.15, -0.1) is 0 Å². The van der Waals surface area contributed by atoms with Crippen LogP contribution in [0.3, 0.4) is 0 Å². The number of benzene rings is 4. The van der Waals surface area contributed by atoms with E-state index in [2.05, 4.69) is 13.8 Å². The molecule has 4 aromatic rings. The normalized spacial score (nSPS) is 21.6. The topological polar surface area (TPSA) is 93.2 Å². The third-order valence-corrected chi connectivity index (χ3v) is 10.1. The van der Waals surface area contributed by atoms with E-state index in [0.717, 1.165) is 56.9 Å². The van der Waals surface area contributed by atoms with Crippen molar-refractivity contribution in [2.24, 2.45) is 11.8 Å². The molecule has 2 heterocycles. The van der Waals surface area contributed by atoms with Crippen molar-refractivity contribution in [3.63, 3.8) is 0 Å². The Hall–Kier alpha value is -4.72. The summed E-state index contributed by atoms with van der Waals surface area (Å²) in [7, 11) is 0. The van der Waals surface area contributed by atoms with Gasteiger partial charge in [-0.25, -0.2) is 0 Å². The predicted octanol–water partition coefficient (Wildman–Crippen LogP) is 7.25. The summed E-state index contributed by atoms with van der Waals surface area (Å²) in [6.07, 6.45) is 2.71. The smallest absolute Gasteiger partial charge is 0.308 e. The van der Waals surface area contributed by atoms with Crippen molar-refractivity contribution in [1.82, 2.24) is 0 Å². The minimum Gasteiger partial charge on any atom is -0.426 e. The Morgan fingerprint density at radius 2 is 1.00 bits per heavy atom. The first-order chi connectivity index (χ1) is 22.2. The Morgan fingerprint density at radius 1 is 0.630 bits per heavy atom. The summed E-state index contributed by atoms with van der Waals surface area (Å²) >= 11 is 0. The molecule has 46 heavy (non-hydrogen) atoms. The minimum absolute atomic E-state index is 0.0155. The van der Waals surface area contributed by atoms with Crippen LogP contribution in [0.2, 0.25) is 0 Å². The molecule has 2 aliphatic heterocycles. The zero-order valence-corrected chi connectivity index (χ0v) is 26.7. The molecule has 2 atom stereocenters. The monoisotopic (exact) mass is 618 g/mol. The van der Waals surface area contributed by atoms with Crippen LogP contribution in [0.15, 0.2) is 60.7 Å². The van der Waals surface area contributed by atoms with Crippen LogP contribution in [0.1, 0.15) is 76.3 Å². The first kappa shape index (κ1) is 30.0. The Bertz CT molecular complexity index is 1790. The van der Waals surface area contributed by atoms with E-state index in [1.807, 2.05) is 70.5 Å². The quantitative estimate of drug-likeness (QED) is 0.167. The highest BCUT2D eigenvalue weighted by atomic mass is 16.5. The van der Waals surface area contributed by atoms with Gasteiger partial charge in [0.05, 0.1) is 11.4 Å². The summed E-state index contributed by atoms with van der Waals surface area (Å²) in [4.78, 5) is 55.7. The summed E-state index contributed by atoms with van der Waals surface area (Å²) in [5.41, 5.74) is 3.82. The maximum absolute atomic E-state index is 14.0. The predicted molar refractivity (Wildman–Crippen MR) is 177 cm³/mol. The molecule has 0 unspecified atom stereocenters. The number of anilines is 2. The van der Waals surface area contributed by atoms with Gasteiger partial charge in [-0.2, -0.15) is 0 Å². The lowest BCUT2D eigenvalue weighted by Gasteiger charge is -2.38. The van der Waals surface area contributed by atoms with E-state index in [0.29, 0.717) is 37.4 Å². The number of hydrogen-bond acceptors (Lipinski definition) is 6. The van der Waals surface area contributed by atoms with Crippen molar-refractivity contribution in [1.29, 1.82) is 0 Å². The zero-order chi connectivity index (χ0) is 32.3. The molecule has 1 fully saturated rings. The van der Waals surface area contributed by atoms with E-state index in [1.165, 1.54) is 13.8 Å². The average molecular weight is 619 g/mol. The zero-order valence-electron chi connectivity index (χ0n) is 26.7. The van der Waals surface area contributed by atoms with Crippen LogP contribution < -0.4 is 19.3 Å². The van der Waals surface area contributed by atoms with Crippen LogP contribution in [0, 0.1) is 11.8 Å². The maximum atomic E-state index is 14.0. The Morgan fingerprint density at radius 3 is 1.35 bits per heavy atom. The maximum Gasteiger partial charge on any atom is 0.308 e. The van der Waals surface area contributed by atoms with Gasteiger partial charge in [0, 0.05) is 73.5 Å². The number of fused-ring (bicyclic) bond motifs is 6. The summed E-state index contributed by atoms with van der Waals surface area (Å²) < 4.78 is 11.2. The SMILES string of the molecule is CC[C@@H]1CN(C(=O)C2CC(C(=O)N3C[C@@H](CC)c4c3cc(OC(C)=O)c3ccccc43)C2)c2cc(OC(C)=O)c3ccccc3c21. The number of ether oxygens (including phenoxy) is 2. The van der Waals surface area contributed by atoms with Crippen molar-refractivity contribution in [2.45, 2.75) is 65.2 Å². The molecule has 0 N–H and O–H groups in total. The van der Waals surface area contributed by atoms with Crippen LogP contribution in [-0.2, 0) is 19.2 Å². The highest BCUT2D eigenvalue weighted by Crippen LogP contribution is 2.50. The van der Waals surface area contributed by atoms with Gasteiger partial charge in [0.1, 0.15) is 11.5 Å². The van der Waals surface area contributed by atoms with E-state index in [9.17, 15) is 19.2 Å². The fraction of sp³-hybridized carbons (Fsp3) is 0.368. The third kappa shape index (κ3) is 4.82. The van der Waals surface area contributed by atoms with Gasteiger partial charge in [0.2, 0.25) is 11.8 Å². The van der Waals surface area contributed by atoms with Crippen molar-refractivity contribution in [3.8, 4) is 11.5 Å². The number of hydrogen-bond donors (Lipinski definition) is 0. The highest BCUT2D eigenvalue weighted by molar-refractivity contribution is 6.08. The molecule has 0 radical (unpaired) electrons. The van der Waals surface area contributed by atoms with Gasteiger partial charge in [-0.1, -0.05) is 62.4 Å². The second kappa shape index (κ2) is 11.6. The first-order valence-corrected chi connectivity index (χ1v) is 16.3. The van der Waals surface area contributed by atoms with Gasteiger partial charge in [0.25, 0.3) is 0 Å². The van der Waals surface area contributed by atoms with Crippen LogP contribution in [-0.4, -0.2) is 36.8 Å². The molecule has 7 rings (SSSR count). The number of rotatable bonds is 6. The number of amides is 2. The fourth-order valence-corrected chi connectivity index (χ4v) is 7.85. The van der Waals surface area contributed by atoms with Gasteiger partial charge in [0.15, 0.2) is 0 Å². The van der Waals surface area contributed by atoms with Crippen LogP contribution in [0.5, 0.6) is 11.5 Å². The molecule has 4 aromatic carbocycles. The fourth-order valence-electron chi connectivity index (χ4n) is 7.85. The Labute approximate surface area is 268 Å². The number of carbonyl (C=O) groups is 4. The second-order valence-corrected chi connectivity index (χ2v) is 12.9. The molecule has 1 aliphatic carbocycles. The molecule has 0 spiro atoms. The molecule has 1 saturated carbocycles. The molecule has 8 heteroatoms. The number of esters is 2. The Balaban J connectivity index is 1.15. The summed E-state index contributed by atoms with van der Waals surface area (Å²) in [5, 5.41) is 3.72. The van der Waals surface area contributed by atoms with Gasteiger partial charge in [-0.3, -0.25) is 19.2 Å². The van der Waals surface area contributed by atoms with Crippen LogP contribution >= 0.6 is 0 Å².